The van der Waals surface area contributed by atoms with Crippen LogP contribution in [0.2, 0.25) is 0 Å². The van der Waals surface area contributed by atoms with Gasteiger partial charge in [0.1, 0.15) is 0 Å². The number of hydrogen-bond donors (Lipinski definition) is 0. The van der Waals surface area contributed by atoms with Gasteiger partial charge in [-0.3, -0.25) is 14.9 Å². The molecule has 2 fully saturated rings. The summed E-state index contributed by atoms with van der Waals surface area (Å²) < 4.78 is 0. The molecule has 1 aromatic carbocycles. The Morgan fingerprint density at radius 1 is 1.19 bits per heavy atom. The van der Waals surface area contributed by atoms with Gasteiger partial charge in [-0.15, -0.1) is 0 Å². The monoisotopic (exact) mass is 289 g/mol. The molecule has 1 heterocycles. The van der Waals surface area contributed by atoms with Crippen LogP contribution >= 0.6 is 0 Å². The molecule has 1 saturated heterocycles. The first-order valence-electron chi connectivity index (χ1n) is 7.34. The molecule has 3 rings (SSSR count). The van der Waals surface area contributed by atoms with Crippen molar-refractivity contribution in [2.24, 2.45) is 11.8 Å². The highest BCUT2D eigenvalue weighted by molar-refractivity contribution is 5.81. The van der Waals surface area contributed by atoms with Gasteiger partial charge in [0, 0.05) is 49.9 Å². The molecule has 1 aliphatic carbocycles. The number of nitro benzene ring substituents is 1. The lowest BCUT2D eigenvalue weighted by Crippen LogP contribution is -2.49. The maximum atomic E-state index is 12.2. The molecule has 2 unspecified atom stereocenters. The molecule has 0 radical (unpaired) electrons. The number of nitro groups is 1. The summed E-state index contributed by atoms with van der Waals surface area (Å²) in [5.74, 6) is 1.09. The summed E-state index contributed by atoms with van der Waals surface area (Å²) in [7, 11) is 0. The minimum atomic E-state index is -0.392. The lowest BCUT2D eigenvalue weighted by molar-refractivity contribution is -0.384. The fourth-order valence-corrected chi connectivity index (χ4v) is 2.87. The van der Waals surface area contributed by atoms with E-state index in [9.17, 15) is 14.9 Å². The number of nitrogens with zero attached hydrogens (tertiary/aromatic N) is 3. The quantitative estimate of drug-likeness (QED) is 0.629. The largest absolute Gasteiger partial charge is 0.368 e. The number of amides is 1. The lowest BCUT2D eigenvalue weighted by Gasteiger charge is -2.36. The highest BCUT2D eigenvalue weighted by atomic mass is 16.6. The average Bonchev–Trinajstić information content (AvgIpc) is 3.24. The van der Waals surface area contributed by atoms with Gasteiger partial charge in [-0.25, -0.2) is 0 Å². The van der Waals surface area contributed by atoms with E-state index in [0.29, 0.717) is 11.8 Å². The lowest BCUT2D eigenvalue weighted by atomic mass is 10.2. The molecule has 0 N–H and O–H groups in total. The molecule has 1 aromatic rings. The zero-order chi connectivity index (χ0) is 15.0. The number of rotatable bonds is 3. The highest BCUT2D eigenvalue weighted by Gasteiger charge is 2.41. The predicted molar refractivity (Wildman–Crippen MR) is 79.2 cm³/mol. The van der Waals surface area contributed by atoms with Gasteiger partial charge < -0.3 is 9.80 Å². The van der Waals surface area contributed by atoms with Crippen molar-refractivity contribution >= 4 is 17.3 Å². The zero-order valence-corrected chi connectivity index (χ0v) is 12.1. The van der Waals surface area contributed by atoms with E-state index in [1.165, 1.54) is 12.1 Å². The van der Waals surface area contributed by atoms with Gasteiger partial charge in [-0.05, 0) is 24.5 Å². The van der Waals surface area contributed by atoms with Crippen LogP contribution in [0.3, 0.4) is 0 Å². The Balaban J connectivity index is 1.58. The Labute approximate surface area is 123 Å². The van der Waals surface area contributed by atoms with Crippen molar-refractivity contribution in [1.82, 2.24) is 4.90 Å². The van der Waals surface area contributed by atoms with Crippen LogP contribution in [0.4, 0.5) is 11.4 Å². The van der Waals surface area contributed by atoms with Crippen molar-refractivity contribution in [2.45, 2.75) is 13.3 Å². The summed E-state index contributed by atoms with van der Waals surface area (Å²) in [6, 6.07) is 6.61. The molecule has 0 spiro atoms. The van der Waals surface area contributed by atoms with E-state index < -0.39 is 4.92 Å². The molecule has 1 amide bonds. The van der Waals surface area contributed by atoms with Crippen LogP contribution in [0.25, 0.3) is 0 Å². The number of piperazine rings is 1. The van der Waals surface area contributed by atoms with E-state index in [4.69, 9.17) is 0 Å². The van der Waals surface area contributed by atoms with E-state index in [1.54, 1.807) is 12.1 Å². The molecule has 6 nitrogen and oxygen atoms in total. The van der Waals surface area contributed by atoms with Crippen LogP contribution in [0.5, 0.6) is 0 Å². The smallest absolute Gasteiger partial charge is 0.269 e. The number of non-ortho nitro benzene ring substituents is 1. The van der Waals surface area contributed by atoms with Crippen LogP contribution < -0.4 is 4.90 Å². The molecule has 2 atom stereocenters. The van der Waals surface area contributed by atoms with Gasteiger partial charge in [-0.2, -0.15) is 0 Å². The highest BCUT2D eigenvalue weighted by Crippen LogP contribution is 2.39. The second kappa shape index (κ2) is 5.35. The topological polar surface area (TPSA) is 66.7 Å². The summed E-state index contributed by atoms with van der Waals surface area (Å²) >= 11 is 0. The maximum absolute atomic E-state index is 12.2. The Morgan fingerprint density at radius 3 is 2.24 bits per heavy atom. The van der Waals surface area contributed by atoms with Crippen LogP contribution in [0, 0.1) is 22.0 Å². The Bertz CT molecular complexity index is 550. The molecule has 0 bridgehead atoms. The third kappa shape index (κ3) is 2.84. The minimum Gasteiger partial charge on any atom is -0.368 e. The van der Waals surface area contributed by atoms with Crippen LogP contribution in [0.15, 0.2) is 24.3 Å². The number of anilines is 1. The van der Waals surface area contributed by atoms with E-state index in [2.05, 4.69) is 11.8 Å². The van der Waals surface area contributed by atoms with Gasteiger partial charge in [0.2, 0.25) is 5.91 Å². The van der Waals surface area contributed by atoms with Crippen molar-refractivity contribution in [3.8, 4) is 0 Å². The molecular formula is C15H19N3O3. The van der Waals surface area contributed by atoms with E-state index in [0.717, 1.165) is 38.3 Å². The summed E-state index contributed by atoms with van der Waals surface area (Å²) in [6.45, 7) is 5.16. The number of carbonyl (C=O) groups is 1. The van der Waals surface area contributed by atoms with Crippen LogP contribution in [0.1, 0.15) is 13.3 Å². The van der Waals surface area contributed by atoms with Crippen molar-refractivity contribution in [2.75, 3.05) is 31.1 Å². The molecule has 6 heteroatoms. The van der Waals surface area contributed by atoms with E-state index >= 15 is 0 Å². The SMILES string of the molecule is CC1CC1C(=O)N1CCN(c2ccc([N+](=O)[O-])cc2)CC1. The summed E-state index contributed by atoms with van der Waals surface area (Å²) in [5.41, 5.74) is 1.09. The third-order valence-corrected chi connectivity index (χ3v) is 4.44. The van der Waals surface area contributed by atoms with Crippen molar-refractivity contribution < 1.29 is 9.72 Å². The Morgan fingerprint density at radius 2 is 1.76 bits per heavy atom. The molecule has 2 aliphatic rings. The zero-order valence-electron chi connectivity index (χ0n) is 12.1. The summed E-state index contributed by atoms with van der Waals surface area (Å²) in [6.07, 6.45) is 1.03. The van der Waals surface area contributed by atoms with Gasteiger partial charge in [0.05, 0.1) is 4.92 Å². The fraction of sp³-hybridized carbons (Fsp3) is 0.533. The molecule has 1 aliphatic heterocycles. The van der Waals surface area contributed by atoms with Gasteiger partial charge >= 0.3 is 0 Å². The van der Waals surface area contributed by atoms with Crippen molar-refractivity contribution in [3.05, 3.63) is 34.4 Å². The number of carbonyl (C=O) groups excluding carboxylic acids is 1. The summed E-state index contributed by atoms with van der Waals surface area (Å²) in [5, 5.41) is 10.7. The predicted octanol–water partition coefficient (Wildman–Crippen LogP) is 1.90. The van der Waals surface area contributed by atoms with Crippen LogP contribution in [-0.4, -0.2) is 41.9 Å². The number of benzene rings is 1. The Hall–Kier alpha value is -2.11. The first kappa shape index (κ1) is 13.9. The van der Waals surface area contributed by atoms with Gasteiger partial charge in [0.25, 0.3) is 5.69 Å². The van der Waals surface area contributed by atoms with Crippen molar-refractivity contribution in [1.29, 1.82) is 0 Å². The van der Waals surface area contributed by atoms with Gasteiger partial charge in [-0.1, -0.05) is 6.92 Å². The van der Waals surface area contributed by atoms with Crippen molar-refractivity contribution in [3.63, 3.8) is 0 Å². The van der Waals surface area contributed by atoms with E-state index in [1.807, 2.05) is 4.90 Å². The normalized spacial score (nSPS) is 24.8. The first-order valence-corrected chi connectivity index (χ1v) is 7.34. The second-order valence-electron chi connectivity index (χ2n) is 5.91. The molecule has 21 heavy (non-hydrogen) atoms. The van der Waals surface area contributed by atoms with E-state index in [-0.39, 0.29) is 11.6 Å². The van der Waals surface area contributed by atoms with Gasteiger partial charge in [0.15, 0.2) is 0 Å². The third-order valence-electron chi connectivity index (χ3n) is 4.44. The first-order chi connectivity index (χ1) is 10.1. The Kier molecular flexibility index (Phi) is 3.53. The second-order valence-corrected chi connectivity index (χ2v) is 5.91. The molecule has 1 saturated carbocycles. The minimum absolute atomic E-state index is 0.107. The molecule has 112 valence electrons. The average molecular weight is 289 g/mol. The molecule has 0 aromatic heterocycles. The molecular weight excluding hydrogens is 270 g/mol. The van der Waals surface area contributed by atoms with Crippen LogP contribution in [-0.2, 0) is 4.79 Å². The maximum Gasteiger partial charge on any atom is 0.269 e. The standard InChI is InChI=1S/C15H19N3O3/c1-11-10-14(11)15(19)17-8-6-16(7-9-17)12-2-4-13(5-3-12)18(20)21/h2-5,11,14H,6-10H2,1H3. The summed E-state index contributed by atoms with van der Waals surface area (Å²) in [4.78, 5) is 26.5. The number of hydrogen-bond acceptors (Lipinski definition) is 4. The fourth-order valence-electron chi connectivity index (χ4n) is 2.87.